The van der Waals surface area contributed by atoms with Gasteiger partial charge in [-0.05, 0) is 80.6 Å². The third-order valence-corrected chi connectivity index (χ3v) is 8.47. The van der Waals surface area contributed by atoms with Crippen LogP contribution in [0, 0.1) is 17.3 Å². The first-order chi connectivity index (χ1) is 14.7. The molecule has 6 rings (SSSR count). The van der Waals surface area contributed by atoms with Crippen LogP contribution in [0.4, 0.5) is 13.2 Å². The van der Waals surface area contributed by atoms with Crippen LogP contribution in [0.5, 0.6) is 0 Å². The number of hydrogen-bond acceptors (Lipinski definition) is 2. The fraction of sp³-hybridized carbons (Fsp3) is 0.640. The molecule has 1 aromatic rings. The van der Waals surface area contributed by atoms with Crippen LogP contribution < -0.4 is 11.1 Å². The summed E-state index contributed by atoms with van der Waals surface area (Å²) in [6.45, 7) is 0. The van der Waals surface area contributed by atoms with Gasteiger partial charge in [0, 0.05) is 18.2 Å². The van der Waals surface area contributed by atoms with E-state index in [0.29, 0.717) is 37.3 Å². The summed E-state index contributed by atoms with van der Waals surface area (Å²) in [6, 6.07) is 10.5. The zero-order valence-corrected chi connectivity index (χ0v) is 17.8. The maximum absolute atomic E-state index is 13.6. The number of nitrogens with one attached hydrogen (secondary N) is 1. The maximum Gasteiger partial charge on any atom is 0.409 e. The summed E-state index contributed by atoms with van der Waals surface area (Å²) in [7, 11) is 0. The lowest BCUT2D eigenvalue weighted by Gasteiger charge is -2.62. The van der Waals surface area contributed by atoms with E-state index in [1.165, 1.54) is 5.56 Å². The van der Waals surface area contributed by atoms with Gasteiger partial charge in [0.05, 0.1) is 5.41 Å². The molecule has 5 fully saturated rings. The smallest absolute Gasteiger partial charge is 0.353 e. The SMILES string of the molecule is NC1CCC(NC(=O)C23CC4CC(c5ccccc5)(CC(C2)C4=CC(F)(F)F)C3)CC1. The molecule has 0 saturated heterocycles. The summed E-state index contributed by atoms with van der Waals surface area (Å²) in [5, 5.41) is 3.29. The lowest BCUT2D eigenvalue weighted by molar-refractivity contribution is -0.145. The zero-order valence-electron chi connectivity index (χ0n) is 17.8. The molecule has 2 atom stereocenters. The van der Waals surface area contributed by atoms with Crippen molar-refractivity contribution in [1.82, 2.24) is 5.32 Å². The van der Waals surface area contributed by atoms with E-state index in [9.17, 15) is 18.0 Å². The van der Waals surface area contributed by atoms with Crippen LogP contribution in [0.3, 0.4) is 0 Å². The van der Waals surface area contributed by atoms with Gasteiger partial charge in [0.15, 0.2) is 0 Å². The van der Waals surface area contributed by atoms with Crippen LogP contribution in [0.25, 0.3) is 0 Å². The number of amides is 1. The fourth-order valence-electron chi connectivity index (χ4n) is 7.36. The number of allylic oxidation sites excluding steroid dienone is 2. The Kier molecular flexibility index (Phi) is 5.00. The highest BCUT2D eigenvalue weighted by molar-refractivity contribution is 5.84. The summed E-state index contributed by atoms with van der Waals surface area (Å²) in [4.78, 5) is 13.6. The van der Waals surface area contributed by atoms with Gasteiger partial charge >= 0.3 is 6.18 Å². The molecule has 0 aliphatic heterocycles. The number of rotatable bonds is 3. The first-order valence-corrected chi connectivity index (χ1v) is 11.6. The highest BCUT2D eigenvalue weighted by Crippen LogP contribution is 2.67. The van der Waals surface area contributed by atoms with Crippen molar-refractivity contribution < 1.29 is 18.0 Å². The van der Waals surface area contributed by atoms with Gasteiger partial charge in [-0.1, -0.05) is 35.9 Å². The largest absolute Gasteiger partial charge is 0.409 e. The van der Waals surface area contributed by atoms with Crippen LogP contribution in [-0.2, 0) is 10.2 Å². The third kappa shape index (κ3) is 3.81. The summed E-state index contributed by atoms with van der Waals surface area (Å²) in [5.74, 6) is -0.282. The Hall–Kier alpha value is -1.82. The summed E-state index contributed by atoms with van der Waals surface area (Å²) in [6.07, 6.45) is 3.09. The van der Waals surface area contributed by atoms with E-state index < -0.39 is 11.6 Å². The molecule has 0 aromatic heterocycles. The molecule has 0 radical (unpaired) electrons. The number of benzene rings is 1. The van der Waals surface area contributed by atoms with Crippen molar-refractivity contribution >= 4 is 5.91 Å². The van der Waals surface area contributed by atoms with Crippen LogP contribution in [-0.4, -0.2) is 24.2 Å². The van der Waals surface area contributed by atoms with Crippen LogP contribution in [0.15, 0.2) is 42.0 Å². The second-order valence-corrected chi connectivity index (χ2v) is 10.6. The summed E-state index contributed by atoms with van der Waals surface area (Å²) >= 11 is 0. The fourth-order valence-corrected chi connectivity index (χ4v) is 7.36. The van der Waals surface area contributed by atoms with E-state index in [1.807, 2.05) is 18.2 Å². The molecule has 5 aliphatic carbocycles. The van der Waals surface area contributed by atoms with Gasteiger partial charge in [0.1, 0.15) is 0 Å². The molecule has 4 bridgehead atoms. The van der Waals surface area contributed by atoms with Gasteiger partial charge < -0.3 is 11.1 Å². The van der Waals surface area contributed by atoms with Crippen molar-refractivity contribution in [2.75, 3.05) is 0 Å². The Labute approximate surface area is 181 Å². The maximum atomic E-state index is 13.6. The Morgan fingerprint density at radius 1 is 1.00 bits per heavy atom. The van der Waals surface area contributed by atoms with Gasteiger partial charge in [0.2, 0.25) is 5.91 Å². The lowest BCUT2D eigenvalue weighted by atomic mass is 9.41. The minimum Gasteiger partial charge on any atom is -0.353 e. The number of carbonyl (C=O) groups is 1. The first-order valence-electron chi connectivity index (χ1n) is 11.6. The summed E-state index contributed by atoms with van der Waals surface area (Å²) in [5.41, 5.74) is 6.95. The zero-order chi connectivity index (χ0) is 21.9. The first kappa shape index (κ1) is 21.0. The molecule has 1 amide bonds. The molecular weight excluding hydrogens is 401 g/mol. The van der Waals surface area contributed by atoms with Crippen molar-refractivity contribution in [3.8, 4) is 0 Å². The molecule has 0 heterocycles. The van der Waals surface area contributed by atoms with Gasteiger partial charge in [-0.3, -0.25) is 4.79 Å². The third-order valence-electron chi connectivity index (χ3n) is 8.47. The monoisotopic (exact) mass is 432 g/mol. The number of carbonyl (C=O) groups excluding carboxylic acids is 1. The molecule has 1 aromatic carbocycles. The normalized spacial score (nSPS) is 39.4. The van der Waals surface area contributed by atoms with E-state index in [4.69, 9.17) is 5.73 Å². The standard InChI is InChI=1S/C25H31F3N2O/c26-25(27,28)14-21-16-10-23(18-4-2-1-3-5-18)11-17(21)13-24(12-16,15-23)22(31)30-20-8-6-19(29)7-9-20/h1-5,14,16-17,19-20H,6-13,15,29H2,(H,30,31). The van der Waals surface area contributed by atoms with Crippen molar-refractivity contribution in [2.24, 2.45) is 23.0 Å². The molecule has 3 N–H and O–H groups in total. The van der Waals surface area contributed by atoms with E-state index in [2.05, 4.69) is 17.4 Å². The minimum atomic E-state index is -4.30. The average Bonchev–Trinajstić information content (AvgIpc) is 2.72. The van der Waals surface area contributed by atoms with Crippen LogP contribution >= 0.6 is 0 Å². The Morgan fingerprint density at radius 3 is 2.19 bits per heavy atom. The lowest BCUT2D eigenvalue weighted by Crippen LogP contribution is -2.61. The van der Waals surface area contributed by atoms with E-state index in [0.717, 1.165) is 32.1 Å². The van der Waals surface area contributed by atoms with E-state index in [-0.39, 0.29) is 35.2 Å². The van der Waals surface area contributed by atoms with Crippen molar-refractivity contribution in [2.45, 2.75) is 81.5 Å². The van der Waals surface area contributed by atoms with Crippen molar-refractivity contribution in [3.05, 3.63) is 47.5 Å². The predicted octanol–water partition coefficient (Wildman–Crippen LogP) is 5.01. The number of halogens is 3. The molecule has 5 aliphatic rings. The minimum absolute atomic E-state index is 0.0636. The second kappa shape index (κ2) is 7.36. The second-order valence-electron chi connectivity index (χ2n) is 10.6. The van der Waals surface area contributed by atoms with E-state index >= 15 is 0 Å². The molecule has 0 spiro atoms. The number of nitrogens with two attached hydrogens (primary N) is 1. The van der Waals surface area contributed by atoms with Crippen molar-refractivity contribution in [1.29, 1.82) is 0 Å². The number of alkyl halides is 3. The molecule has 6 heteroatoms. The van der Waals surface area contributed by atoms with Gasteiger partial charge in [-0.15, -0.1) is 0 Å². The topological polar surface area (TPSA) is 55.1 Å². The Balaban J connectivity index is 1.46. The quantitative estimate of drug-likeness (QED) is 0.660. The van der Waals surface area contributed by atoms with Gasteiger partial charge in [-0.2, -0.15) is 13.2 Å². The van der Waals surface area contributed by atoms with Crippen LogP contribution in [0.2, 0.25) is 0 Å². The predicted molar refractivity (Wildman–Crippen MR) is 113 cm³/mol. The Morgan fingerprint density at radius 2 is 1.61 bits per heavy atom. The molecular formula is C25H31F3N2O. The van der Waals surface area contributed by atoms with Crippen molar-refractivity contribution in [3.63, 3.8) is 0 Å². The molecule has 2 unspecified atom stereocenters. The van der Waals surface area contributed by atoms with E-state index in [1.54, 1.807) is 0 Å². The summed E-state index contributed by atoms with van der Waals surface area (Å²) < 4.78 is 39.9. The molecule has 168 valence electrons. The highest BCUT2D eigenvalue weighted by Gasteiger charge is 2.63. The molecule has 5 saturated carbocycles. The molecule has 3 nitrogen and oxygen atoms in total. The highest BCUT2D eigenvalue weighted by atomic mass is 19.4. The number of hydrogen-bond donors (Lipinski definition) is 2. The average molecular weight is 433 g/mol. The van der Waals surface area contributed by atoms with Gasteiger partial charge in [-0.25, -0.2) is 0 Å². The van der Waals surface area contributed by atoms with Gasteiger partial charge in [0.25, 0.3) is 0 Å². The Bertz CT molecular complexity index is 853. The van der Waals surface area contributed by atoms with Crippen LogP contribution in [0.1, 0.15) is 63.4 Å². The molecule has 31 heavy (non-hydrogen) atoms.